The zero-order valence-electron chi connectivity index (χ0n) is 11.2. The van der Waals surface area contributed by atoms with Gasteiger partial charge in [0.15, 0.2) is 18.1 Å². The van der Waals surface area contributed by atoms with Crippen molar-refractivity contribution >= 4 is 11.9 Å². The Morgan fingerprint density at radius 3 is 2.47 bits per heavy atom. The van der Waals surface area contributed by atoms with Crippen molar-refractivity contribution < 1.29 is 24.2 Å². The Balaban J connectivity index is 3.00. The average molecular weight is 267 g/mol. The van der Waals surface area contributed by atoms with Gasteiger partial charge in [-0.25, -0.2) is 4.79 Å². The first-order valence-corrected chi connectivity index (χ1v) is 5.79. The maximum atomic E-state index is 11.5. The number of ether oxygens (including phenoxy) is 2. The van der Waals surface area contributed by atoms with Crippen LogP contribution in [0.4, 0.5) is 0 Å². The predicted molar refractivity (Wildman–Crippen MR) is 68.8 cm³/mol. The average Bonchev–Trinajstić information content (AvgIpc) is 2.36. The molecule has 0 saturated carbocycles. The molecule has 1 N–H and O–H groups in total. The third-order valence-corrected chi connectivity index (χ3v) is 2.35. The maximum Gasteiger partial charge on any atom is 0.339 e. The van der Waals surface area contributed by atoms with Gasteiger partial charge in [-0.3, -0.25) is 4.79 Å². The van der Waals surface area contributed by atoms with E-state index in [-0.39, 0.29) is 23.8 Å². The van der Waals surface area contributed by atoms with Gasteiger partial charge >= 0.3 is 5.97 Å². The Morgan fingerprint density at radius 1 is 1.26 bits per heavy atom. The smallest absolute Gasteiger partial charge is 0.339 e. The van der Waals surface area contributed by atoms with Crippen molar-refractivity contribution in [2.75, 3.05) is 27.3 Å². The number of carboxylic acid groups (broad SMARTS) is 1. The summed E-state index contributed by atoms with van der Waals surface area (Å²) in [5.74, 6) is -1.00. The zero-order valence-corrected chi connectivity index (χ0v) is 11.2. The maximum absolute atomic E-state index is 11.5. The highest BCUT2D eigenvalue weighted by Gasteiger charge is 2.18. The van der Waals surface area contributed by atoms with Gasteiger partial charge in [-0.15, -0.1) is 0 Å². The Hall–Kier alpha value is -2.24. The van der Waals surface area contributed by atoms with E-state index in [9.17, 15) is 9.59 Å². The van der Waals surface area contributed by atoms with E-state index in [2.05, 4.69) is 0 Å². The first-order valence-electron chi connectivity index (χ1n) is 5.79. The Bertz CT molecular complexity index is 470. The molecule has 0 heterocycles. The molecule has 19 heavy (non-hydrogen) atoms. The third kappa shape index (κ3) is 3.87. The van der Waals surface area contributed by atoms with E-state index < -0.39 is 5.97 Å². The lowest BCUT2D eigenvalue weighted by Gasteiger charge is -2.15. The van der Waals surface area contributed by atoms with E-state index in [4.69, 9.17) is 14.6 Å². The number of para-hydroxylation sites is 1. The highest BCUT2D eigenvalue weighted by Crippen LogP contribution is 2.31. The number of hydrogen-bond donors (Lipinski definition) is 1. The molecule has 1 aromatic carbocycles. The van der Waals surface area contributed by atoms with E-state index in [0.717, 1.165) is 0 Å². The normalized spacial score (nSPS) is 9.84. The lowest BCUT2D eigenvalue weighted by Crippen LogP contribution is -2.28. The monoisotopic (exact) mass is 267 g/mol. The summed E-state index contributed by atoms with van der Waals surface area (Å²) in [7, 11) is 3.19. The summed E-state index contributed by atoms with van der Waals surface area (Å²) in [4.78, 5) is 24.0. The van der Waals surface area contributed by atoms with Crippen LogP contribution in [-0.4, -0.2) is 49.2 Å². The van der Waals surface area contributed by atoms with Crippen molar-refractivity contribution in [2.45, 2.75) is 6.92 Å². The Labute approximate surface area is 111 Å². The minimum Gasteiger partial charge on any atom is -0.490 e. The molecule has 6 nitrogen and oxygen atoms in total. The number of carboxylic acids is 1. The summed E-state index contributed by atoms with van der Waals surface area (Å²) < 4.78 is 10.6. The molecular formula is C13H17NO5. The molecule has 6 heteroatoms. The summed E-state index contributed by atoms with van der Waals surface area (Å²) >= 11 is 0. The summed E-state index contributed by atoms with van der Waals surface area (Å²) in [6, 6.07) is 4.57. The van der Waals surface area contributed by atoms with Crippen molar-refractivity contribution in [3.63, 3.8) is 0 Å². The standard InChI is InChI=1S/C13H17NO5/c1-4-18-10-7-5-6-9(13(16)17)12(10)19-8-11(15)14(2)3/h5-7H,4,8H2,1-3H3,(H,16,17). The second-order valence-electron chi connectivity index (χ2n) is 3.95. The molecular weight excluding hydrogens is 250 g/mol. The van der Waals surface area contributed by atoms with Crippen molar-refractivity contribution in [1.29, 1.82) is 0 Å². The van der Waals surface area contributed by atoms with Crippen molar-refractivity contribution in [1.82, 2.24) is 4.90 Å². The fraction of sp³-hybridized carbons (Fsp3) is 0.385. The molecule has 0 saturated heterocycles. The van der Waals surface area contributed by atoms with E-state index in [1.807, 2.05) is 0 Å². The van der Waals surface area contributed by atoms with E-state index in [0.29, 0.717) is 12.4 Å². The second-order valence-corrected chi connectivity index (χ2v) is 3.95. The van der Waals surface area contributed by atoms with Crippen LogP contribution in [0.1, 0.15) is 17.3 Å². The molecule has 104 valence electrons. The molecule has 0 fully saturated rings. The van der Waals surface area contributed by atoms with Gasteiger partial charge in [-0.1, -0.05) is 6.07 Å². The third-order valence-electron chi connectivity index (χ3n) is 2.35. The molecule has 0 aromatic heterocycles. The second kappa shape index (κ2) is 6.63. The Morgan fingerprint density at radius 2 is 1.95 bits per heavy atom. The van der Waals surface area contributed by atoms with Crippen LogP contribution < -0.4 is 9.47 Å². The number of amides is 1. The summed E-state index contributed by atoms with van der Waals surface area (Å²) in [5, 5.41) is 9.10. The molecule has 1 aromatic rings. The van der Waals surface area contributed by atoms with Gasteiger partial charge in [0.1, 0.15) is 5.56 Å². The lowest BCUT2D eigenvalue weighted by molar-refractivity contribution is -0.130. The van der Waals surface area contributed by atoms with Gasteiger partial charge in [0, 0.05) is 14.1 Å². The van der Waals surface area contributed by atoms with Gasteiger partial charge in [-0.2, -0.15) is 0 Å². The number of rotatable bonds is 6. The molecule has 0 bridgehead atoms. The fourth-order valence-corrected chi connectivity index (χ4v) is 1.37. The largest absolute Gasteiger partial charge is 0.490 e. The fourth-order valence-electron chi connectivity index (χ4n) is 1.37. The van der Waals surface area contributed by atoms with Gasteiger partial charge in [-0.05, 0) is 19.1 Å². The number of hydrogen-bond acceptors (Lipinski definition) is 4. The van der Waals surface area contributed by atoms with Crippen molar-refractivity contribution in [2.24, 2.45) is 0 Å². The van der Waals surface area contributed by atoms with Gasteiger partial charge in [0.25, 0.3) is 5.91 Å². The zero-order chi connectivity index (χ0) is 14.4. The van der Waals surface area contributed by atoms with E-state index >= 15 is 0 Å². The molecule has 0 spiro atoms. The number of benzene rings is 1. The van der Waals surface area contributed by atoms with E-state index in [1.165, 1.54) is 11.0 Å². The SMILES string of the molecule is CCOc1cccc(C(=O)O)c1OCC(=O)N(C)C. The van der Waals surface area contributed by atoms with Crippen LogP contribution in [0.5, 0.6) is 11.5 Å². The number of likely N-dealkylation sites (N-methyl/N-ethyl adjacent to an activating group) is 1. The summed E-state index contributed by atoms with van der Waals surface area (Å²) in [6.45, 7) is 1.92. The molecule has 0 aliphatic heterocycles. The van der Waals surface area contributed by atoms with Crippen LogP contribution in [0, 0.1) is 0 Å². The van der Waals surface area contributed by atoms with Crippen LogP contribution in [0.25, 0.3) is 0 Å². The van der Waals surface area contributed by atoms with Crippen LogP contribution in [0.2, 0.25) is 0 Å². The van der Waals surface area contributed by atoms with Gasteiger partial charge < -0.3 is 19.5 Å². The summed E-state index contributed by atoms with van der Waals surface area (Å²) in [6.07, 6.45) is 0. The van der Waals surface area contributed by atoms with Gasteiger partial charge in [0.2, 0.25) is 0 Å². The first-order chi connectivity index (χ1) is 8.97. The number of nitrogens with zero attached hydrogens (tertiary/aromatic N) is 1. The van der Waals surface area contributed by atoms with Crippen LogP contribution >= 0.6 is 0 Å². The van der Waals surface area contributed by atoms with Crippen LogP contribution in [0.3, 0.4) is 0 Å². The molecule has 0 unspecified atom stereocenters. The van der Waals surface area contributed by atoms with Crippen molar-refractivity contribution in [3.05, 3.63) is 23.8 Å². The molecule has 1 rings (SSSR count). The van der Waals surface area contributed by atoms with Crippen LogP contribution in [-0.2, 0) is 4.79 Å². The summed E-state index contributed by atoms with van der Waals surface area (Å²) in [5.41, 5.74) is -0.0301. The van der Waals surface area contributed by atoms with E-state index in [1.54, 1.807) is 33.2 Å². The number of aromatic carboxylic acids is 1. The lowest BCUT2D eigenvalue weighted by atomic mass is 10.2. The quantitative estimate of drug-likeness (QED) is 0.839. The van der Waals surface area contributed by atoms with Crippen molar-refractivity contribution in [3.8, 4) is 11.5 Å². The molecule has 0 atom stereocenters. The first kappa shape index (κ1) is 14.8. The Kier molecular flexibility index (Phi) is 5.17. The minimum atomic E-state index is -1.13. The predicted octanol–water partition coefficient (Wildman–Crippen LogP) is 1.25. The minimum absolute atomic E-state index is 0.0301. The molecule has 1 amide bonds. The number of carbonyl (C=O) groups is 2. The highest BCUT2D eigenvalue weighted by atomic mass is 16.5. The van der Waals surface area contributed by atoms with Crippen LogP contribution in [0.15, 0.2) is 18.2 Å². The molecule has 0 radical (unpaired) electrons. The molecule has 0 aliphatic carbocycles. The van der Waals surface area contributed by atoms with Gasteiger partial charge in [0.05, 0.1) is 6.61 Å². The highest BCUT2D eigenvalue weighted by molar-refractivity contribution is 5.92. The molecule has 0 aliphatic rings. The number of carbonyl (C=O) groups excluding carboxylic acids is 1. The topological polar surface area (TPSA) is 76.1 Å².